The van der Waals surface area contributed by atoms with Crippen LogP contribution >= 0.6 is 27.3 Å². The lowest BCUT2D eigenvalue weighted by Gasteiger charge is -2.27. The van der Waals surface area contributed by atoms with E-state index in [9.17, 15) is 9.59 Å². The van der Waals surface area contributed by atoms with Gasteiger partial charge in [0.1, 0.15) is 10.3 Å². The van der Waals surface area contributed by atoms with Crippen molar-refractivity contribution in [3.8, 4) is 5.88 Å². The molecular formula is C14H15BrN4O3S. The number of rotatable bonds is 3. The van der Waals surface area contributed by atoms with Crippen molar-refractivity contribution in [2.24, 2.45) is 5.92 Å². The molecule has 9 heteroatoms. The number of piperidine rings is 1. The van der Waals surface area contributed by atoms with Crippen LogP contribution in [0.25, 0.3) is 10.3 Å². The molecule has 0 bridgehead atoms. The molecule has 1 N–H and O–H groups in total. The van der Waals surface area contributed by atoms with Gasteiger partial charge in [-0.05, 0) is 28.4 Å². The van der Waals surface area contributed by atoms with Crippen LogP contribution in [0.1, 0.15) is 12.8 Å². The van der Waals surface area contributed by atoms with Crippen LogP contribution in [-0.2, 0) is 9.59 Å². The van der Waals surface area contributed by atoms with Crippen LogP contribution in [0.2, 0.25) is 0 Å². The van der Waals surface area contributed by atoms with Crippen molar-refractivity contribution in [3.63, 3.8) is 0 Å². The molecule has 1 atom stereocenters. The number of nitrogens with zero attached hydrogens (tertiary/aromatic N) is 3. The second-order valence-electron chi connectivity index (χ2n) is 5.32. The van der Waals surface area contributed by atoms with Gasteiger partial charge < -0.3 is 15.0 Å². The molecule has 0 aromatic carbocycles. The average Bonchev–Trinajstić information content (AvgIpc) is 2.89. The predicted molar refractivity (Wildman–Crippen MR) is 90.7 cm³/mol. The molecule has 7 nitrogen and oxygen atoms in total. The molecule has 1 fully saturated rings. The van der Waals surface area contributed by atoms with E-state index in [4.69, 9.17) is 4.74 Å². The SMILES string of the molecule is COc1nc2sc(NC(=O)C3CCN(C)C(=O)C3)nc2cc1Br. The van der Waals surface area contributed by atoms with E-state index in [1.54, 1.807) is 25.1 Å². The van der Waals surface area contributed by atoms with Crippen LogP contribution in [0.4, 0.5) is 5.13 Å². The fourth-order valence-electron chi connectivity index (χ4n) is 2.40. The number of nitrogens with one attached hydrogen (secondary N) is 1. The van der Waals surface area contributed by atoms with Crippen molar-refractivity contribution in [2.75, 3.05) is 26.0 Å². The Balaban J connectivity index is 1.76. The molecule has 23 heavy (non-hydrogen) atoms. The summed E-state index contributed by atoms with van der Waals surface area (Å²) < 4.78 is 5.86. The van der Waals surface area contributed by atoms with Crippen molar-refractivity contribution in [2.45, 2.75) is 12.8 Å². The Labute approximate surface area is 145 Å². The summed E-state index contributed by atoms with van der Waals surface area (Å²) in [6.45, 7) is 0.600. The molecule has 1 aliphatic heterocycles. The van der Waals surface area contributed by atoms with Gasteiger partial charge in [-0.2, -0.15) is 4.98 Å². The molecule has 2 aromatic rings. The number of carbonyl (C=O) groups is 2. The minimum atomic E-state index is -0.306. The second kappa shape index (κ2) is 6.40. The molecule has 1 saturated heterocycles. The second-order valence-corrected chi connectivity index (χ2v) is 7.15. The highest BCUT2D eigenvalue weighted by Gasteiger charge is 2.29. The van der Waals surface area contributed by atoms with Gasteiger partial charge in [0, 0.05) is 25.9 Å². The third kappa shape index (κ3) is 3.30. The zero-order chi connectivity index (χ0) is 16.6. The van der Waals surface area contributed by atoms with Crippen molar-refractivity contribution in [1.29, 1.82) is 0 Å². The third-order valence-corrected chi connectivity index (χ3v) is 5.21. The molecule has 0 saturated carbocycles. The number of anilines is 1. The number of carbonyl (C=O) groups excluding carboxylic acids is 2. The molecule has 122 valence electrons. The summed E-state index contributed by atoms with van der Waals surface area (Å²) in [5.41, 5.74) is 0.678. The highest BCUT2D eigenvalue weighted by Crippen LogP contribution is 2.32. The quantitative estimate of drug-likeness (QED) is 0.856. The lowest BCUT2D eigenvalue weighted by Crippen LogP contribution is -2.39. The summed E-state index contributed by atoms with van der Waals surface area (Å²) >= 11 is 4.64. The average molecular weight is 399 g/mol. The number of ether oxygens (including phenoxy) is 1. The van der Waals surface area contributed by atoms with Crippen LogP contribution in [0.5, 0.6) is 5.88 Å². The molecular weight excluding hydrogens is 384 g/mol. The number of aromatic nitrogens is 2. The highest BCUT2D eigenvalue weighted by atomic mass is 79.9. The fourth-order valence-corrected chi connectivity index (χ4v) is 3.68. The maximum Gasteiger partial charge on any atom is 0.229 e. The number of fused-ring (bicyclic) bond motifs is 1. The third-order valence-electron chi connectivity index (χ3n) is 3.76. The van der Waals surface area contributed by atoms with Crippen LogP contribution in [0.15, 0.2) is 10.5 Å². The van der Waals surface area contributed by atoms with Gasteiger partial charge in [0.05, 0.1) is 11.6 Å². The number of amides is 2. The molecule has 0 aliphatic carbocycles. The molecule has 0 radical (unpaired) electrons. The molecule has 2 aromatic heterocycles. The molecule has 1 aliphatic rings. The van der Waals surface area contributed by atoms with Crippen LogP contribution < -0.4 is 10.1 Å². The van der Waals surface area contributed by atoms with Gasteiger partial charge in [-0.15, -0.1) is 0 Å². The van der Waals surface area contributed by atoms with Gasteiger partial charge in [0.15, 0.2) is 5.13 Å². The normalized spacial score (nSPS) is 18.3. The van der Waals surface area contributed by atoms with Gasteiger partial charge >= 0.3 is 0 Å². The first-order chi connectivity index (χ1) is 11.0. The number of pyridine rings is 1. The van der Waals surface area contributed by atoms with Crippen molar-refractivity contribution < 1.29 is 14.3 Å². The number of methoxy groups -OCH3 is 1. The van der Waals surface area contributed by atoms with E-state index in [0.717, 1.165) is 0 Å². The molecule has 3 rings (SSSR count). The van der Waals surface area contributed by atoms with Crippen LogP contribution in [-0.4, -0.2) is 47.4 Å². The lowest BCUT2D eigenvalue weighted by atomic mass is 9.96. The Morgan fingerprint density at radius 1 is 1.52 bits per heavy atom. The first-order valence-corrected chi connectivity index (χ1v) is 8.64. The summed E-state index contributed by atoms with van der Waals surface area (Å²) in [4.78, 5) is 35.1. The lowest BCUT2D eigenvalue weighted by molar-refractivity contribution is -0.137. The zero-order valence-electron chi connectivity index (χ0n) is 12.6. The van der Waals surface area contributed by atoms with Crippen molar-refractivity contribution >= 4 is 54.6 Å². The van der Waals surface area contributed by atoms with Gasteiger partial charge in [-0.25, -0.2) is 4.98 Å². The number of hydrogen-bond donors (Lipinski definition) is 1. The minimum absolute atomic E-state index is 0.00367. The van der Waals surface area contributed by atoms with E-state index in [2.05, 4.69) is 31.2 Å². The monoisotopic (exact) mass is 398 g/mol. The maximum absolute atomic E-state index is 12.3. The largest absolute Gasteiger partial charge is 0.480 e. The first-order valence-electron chi connectivity index (χ1n) is 7.04. The predicted octanol–water partition coefficient (Wildman–Crippen LogP) is 2.27. The summed E-state index contributed by atoms with van der Waals surface area (Å²) in [5, 5.41) is 3.27. The Morgan fingerprint density at radius 2 is 2.30 bits per heavy atom. The topological polar surface area (TPSA) is 84.4 Å². The zero-order valence-corrected chi connectivity index (χ0v) is 15.0. The van der Waals surface area contributed by atoms with Gasteiger partial charge in [0.2, 0.25) is 17.7 Å². The molecule has 2 amide bonds. The fraction of sp³-hybridized carbons (Fsp3) is 0.429. The van der Waals surface area contributed by atoms with E-state index in [1.165, 1.54) is 11.3 Å². The van der Waals surface area contributed by atoms with E-state index < -0.39 is 0 Å². The summed E-state index contributed by atoms with van der Waals surface area (Å²) in [6, 6.07) is 1.80. The smallest absolute Gasteiger partial charge is 0.229 e. The molecule has 3 heterocycles. The first kappa shape index (κ1) is 16.1. The van der Waals surface area contributed by atoms with E-state index >= 15 is 0 Å². The van der Waals surface area contributed by atoms with E-state index in [0.29, 0.717) is 38.8 Å². The van der Waals surface area contributed by atoms with Gasteiger partial charge in [-0.3, -0.25) is 9.59 Å². The van der Waals surface area contributed by atoms with Gasteiger partial charge in [0.25, 0.3) is 0 Å². The Morgan fingerprint density at radius 3 is 3.00 bits per heavy atom. The van der Waals surface area contributed by atoms with Crippen molar-refractivity contribution in [3.05, 3.63) is 10.5 Å². The summed E-state index contributed by atoms with van der Waals surface area (Å²) in [7, 11) is 3.29. The van der Waals surface area contributed by atoms with Crippen LogP contribution in [0, 0.1) is 5.92 Å². The summed E-state index contributed by atoms with van der Waals surface area (Å²) in [6.07, 6.45) is 0.904. The molecule has 1 unspecified atom stereocenters. The summed E-state index contributed by atoms with van der Waals surface area (Å²) in [5.74, 6) is -0.00699. The Kier molecular flexibility index (Phi) is 4.49. The Hall–Kier alpha value is -1.74. The van der Waals surface area contributed by atoms with E-state index in [1.807, 2.05) is 0 Å². The highest BCUT2D eigenvalue weighted by molar-refractivity contribution is 9.10. The van der Waals surface area contributed by atoms with E-state index in [-0.39, 0.29) is 24.2 Å². The minimum Gasteiger partial charge on any atom is -0.480 e. The maximum atomic E-state index is 12.3. The standard InChI is InChI=1S/C14H15BrN4O3S/c1-19-4-3-7(5-10(19)20)11(21)17-14-16-9-6-8(15)12(22-2)18-13(9)23-14/h6-7H,3-5H2,1-2H3,(H,16,17,21). The number of halogens is 1. The number of likely N-dealkylation sites (tertiary alicyclic amines) is 1. The van der Waals surface area contributed by atoms with Crippen molar-refractivity contribution in [1.82, 2.24) is 14.9 Å². The van der Waals surface area contributed by atoms with Crippen LogP contribution in [0.3, 0.4) is 0 Å². The number of hydrogen-bond acceptors (Lipinski definition) is 6. The number of thiazole rings is 1. The Bertz CT molecular complexity index is 779. The van der Waals surface area contributed by atoms with Gasteiger partial charge in [-0.1, -0.05) is 11.3 Å². The molecule has 0 spiro atoms.